The van der Waals surface area contributed by atoms with Crippen molar-refractivity contribution in [3.05, 3.63) is 41.5 Å². The first-order chi connectivity index (χ1) is 11.7. The van der Waals surface area contributed by atoms with E-state index in [1.807, 2.05) is 39.0 Å². The van der Waals surface area contributed by atoms with Crippen LogP contribution in [0.1, 0.15) is 38.3 Å². The fourth-order valence-electron chi connectivity index (χ4n) is 2.67. The van der Waals surface area contributed by atoms with Gasteiger partial charge in [0, 0.05) is 17.4 Å². The largest absolute Gasteiger partial charge is 0.507 e. The van der Waals surface area contributed by atoms with Crippen LogP contribution < -0.4 is 0 Å². The van der Waals surface area contributed by atoms with Crippen LogP contribution in [0.15, 0.2) is 30.3 Å². The lowest BCUT2D eigenvalue weighted by Crippen LogP contribution is -2.24. The number of phenols is 1. The van der Waals surface area contributed by atoms with Crippen molar-refractivity contribution in [2.24, 2.45) is 0 Å². The standard InChI is InChI=1S/C20H24O5/c1-20(2,3)25-17(21)11-9-13-6-5-7-16-15(13)10-8-14(19(16)23)12-18(22)24-4/h5-8,10,23H,9,11-12H2,1-4H3. The fourth-order valence-corrected chi connectivity index (χ4v) is 2.67. The van der Waals surface area contributed by atoms with Gasteiger partial charge in [0.2, 0.25) is 0 Å². The molecule has 0 fully saturated rings. The minimum absolute atomic E-state index is 0.0143. The molecule has 0 bridgehead atoms. The van der Waals surface area contributed by atoms with Crippen LogP contribution >= 0.6 is 0 Å². The lowest BCUT2D eigenvalue weighted by Gasteiger charge is -2.19. The number of hydrogen-bond acceptors (Lipinski definition) is 5. The van der Waals surface area contributed by atoms with E-state index in [4.69, 9.17) is 4.74 Å². The van der Waals surface area contributed by atoms with Crippen molar-refractivity contribution in [2.45, 2.75) is 45.6 Å². The normalized spacial score (nSPS) is 11.4. The van der Waals surface area contributed by atoms with E-state index in [2.05, 4.69) is 4.74 Å². The van der Waals surface area contributed by atoms with Crippen molar-refractivity contribution >= 4 is 22.7 Å². The SMILES string of the molecule is COC(=O)Cc1ccc2c(CCC(=O)OC(C)(C)C)cccc2c1O. The number of esters is 2. The molecule has 5 heteroatoms. The van der Waals surface area contributed by atoms with E-state index in [0.29, 0.717) is 17.4 Å². The molecule has 0 amide bonds. The minimum atomic E-state index is -0.503. The molecule has 0 saturated carbocycles. The summed E-state index contributed by atoms with van der Waals surface area (Å²) in [6.07, 6.45) is 0.795. The van der Waals surface area contributed by atoms with E-state index in [1.165, 1.54) is 7.11 Å². The summed E-state index contributed by atoms with van der Waals surface area (Å²) in [5.41, 5.74) is 0.962. The molecule has 0 aliphatic rings. The molecule has 2 aromatic carbocycles. The highest BCUT2D eigenvalue weighted by molar-refractivity contribution is 5.93. The van der Waals surface area contributed by atoms with Crippen LogP contribution in [-0.4, -0.2) is 29.8 Å². The third-order valence-electron chi connectivity index (χ3n) is 3.79. The van der Waals surface area contributed by atoms with Gasteiger partial charge in [0.25, 0.3) is 0 Å². The molecule has 0 radical (unpaired) electrons. The van der Waals surface area contributed by atoms with Crippen molar-refractivity contribution in [3.63, 3.8) is 0 Å². The van der Waals surface area contributed by atoms with Crippen molar-refractivity contribution in [3.8, 4) is 5.75 Å². The molecular formula is C20H24O5. The van der Waals surface area contributed by atoms with Crippen LogP contribution in [0.4, 0.5) is 0 Å². The van der Waals surface area contributed by atoms with Gasteiger partial charge in [-0.2, -0.15) is 0 Å². The molecule has 25 heavy (non-hydrogen) atoms. The molecule has 0 spiro atoms. The van der Waals surface area contributed by atoms with Gasteiger partial charge in [-0.05, 0) is 38.1 Å². The summed E-state index contributed by atoms with van der Waals surface area (Å²) in [4.78, 5) is 23.4. The molecular weight excluding hydrogens is 320 g/mol. The number of aromatic hydroxyl groups is 1. The molecule has 134 valence electrons. The molecule has 2 rings (SSSR count). The quantitative estimate of drug-likeness (QED) is 0.840. The molecule has 0 unspecified atom stereocenters. The zero-order chi connectivity index (χ0) is 18.6. The van der Waals surface area contributed by atoms with Crippen molar-refractivity contribution in [1.29, 1.82) is 0 Å². The summed E-state index contributed by atoms with van der Waals surface area (Å²) in [7, 11) is 1.31. The van der Waals surface area contributed by atoms with Gasteiger partial charge < -0.3 is 14.6 Å². The number of carbonyl (C=O) groups is 2. The number of ether oxygens (including phenoxy) is 2. The van der Waals surface area contributed by atoms with E-state index in [-0.39, 0.29) is 24.6 Å². The molecule has 0 aromatic heterocycles. The average Bonchev–Trinajstić information content (AvgIpc) is 2.53. The van der Waals surface area contributed by atoms with Crippen molar-refractivity contribution in [1.82, 2.24) is 0 Å². The number of rotatable bonds is 5. The number of fused-ring (bicyclic) bond motifs is 1. The molecule has 2 aromatic rings. The first-order valence-electron chi connectivity index (χ1n) is 8.22. The second-order valence-corrected chi connectivity index (χ2v) is 6.92. The third kappa shape index (κ3) is 4.95. The average molecular weight is 344 g/mol. The predicted octanol–water partition coefficient (Wildman–Crippen LogP) is 3.54. The highest BCUT2D eigenvalue weighted by Crippen LogP contribution is 2.31. The van der Waals surface area contributed by atoms with E-state index in [9.17, 15) is 14.7 Å². The summed E-state index contributed by atoms with van der Waals surface area (Å²) in [6, 6.07) is 9.12. The first-order valence-corrected chi connectivity index (χ1v) is 8.22. The summed E-state index contributed by atoms with van der Waals surface area (Å²) in [5.74, 6) is -0.589. The van der Waals surface area contributed by atoms with Gasteiger partial charge in [-0.15, -0.1) is 0 Å². The Bertz CT molecular complexity index is 787. The molecule has 0 atom stereocenters. The van der Waals surface area contributed by atoms with Crippen LogP contribution in [0.5, 0.6) is 5.75 Å². The smallest absolute Gasteiger partial charge is 0.310 e. The lowest BCUT2D eigenvalue weighted by atomic mass is 9.97. The first kappa shape index (κ1) is 18.8. The molecule has 0 saturated heterocycles. The zero-order valence-corrected chi connectivity index (χ0v) is 15.1. The predicted molar refractivity (Wildman–Crippen MR) is 95.5 cm³/mol. The number of phenolic OH excluding ortho intramolecular Hbond substituents is 1. The Labute approximate surface area is 147 Å². The zero-order valence-electron chi connectivity index (χ0n) is 15.1. The summed E-state index contributed by atoms with van der Waals surface area (Å²) >= 11 is 0. The van der Waals surface area contributed by atoms with E-state index >= 15 is 0 Å². The minimum Gasteiger partial charge on any atom is -0.507 e. The maximum absolute atomic E-state index is 11.9. The molecule has 1 N–H and O–H groups in total. The third-order valence-corrected chi connectivity index (χ3v) is 3.79. The number of benzene rings is 2. The van der Waals surface area contributed by atoms with Crippen LogP contribution in [0.2, 0.25) is 0 Å². The Balaban J connectivity index is 2.23. The van der Waals surface area contributed by atoms with E-state index in [0.717, 1.165) is 10.9 Å². The highest BCUT2D eigenvalue weighted by atomic mass is 16.6. The Morgan fingerprint density at radius 3 is 2.36 bits per heavy atom. The van der Waals surface area contributed by atoms with Crippen LogP contribution in [-0.2, 0) is 31.9 Å². The van der Waals surface area contributed by atoms with Gasteiger partial charge in [0.1, 0.15) is 11.4 Å². The Kier molecular flexibility index (Phi) is 5.67. The second kappa shape index (κ2) is 7.55. The summed E-state index contributed by atoms with van der Waals surface area (Å²) < 4.78 is 9.98. The molecule has 0 heterocycles. The van der Waals surface area contributed by atoms with Gasteiger partial charge in [-0.3, -0.25) is 9.59 Å². The number of carbonyl (C=O) groups excluding carboxylic acids is 2. The topological polar surface area (TPSA) is 72.8 Å². The molecule has 0 aliphatic heterocycles. The monoisotopic (exact) mass is 344 g/mol. The van der Waals surface area contributed by atoms with Crippen LogP contribution in [0.25, 0.3) is 10.8 Å². The van der Waals surface area contributed by atoms with Gasteiger partial charge in [0.05, 0.1) is 13.5 Å². The van der Waals surface area contributed by atoms with Crippen molar-refractivity contribution in [2.75, 3.05) is 7.11 Å². The highest BCUT2D eigenvalue weighted by Gasteiger charge is 2.17. The second-order valence-electron chi connectivity index (χ2n) is 6.92. The Morgan fingerprint density at radius 1 is 1.00 bits per heavy atom. The van der Waals surface area contributed by atoms with Crippen LogP contribution in [0.3, 0.4) is 0 Å². The maximum Gasteiger partial charge on any atom is 0.310 e. The lowest BCUT2D eigenvalue weighted by molar-refractivity contribution is -0.154. The summed E-state index contributed by atoms with van der Waals surface area (Å²) in [5, 5.41) is 12.0. The van der Waals surface area contributed by atoms with E-state index < -0.39 is 11.6 Å². The van der Waals surface area contributed by atoms with Crippen molar-refractivity contribution < 1.29 is 24.2 Å². The van der Waals surface area contributed by atoms with E-state index in [1.54, 1.807) is 12.1 Å². The van der Waals surface area contributed by atoms with Gasteiger partial charge in [0.15, 0.2) is 0 Å². The van der Waals surface area contributed by atoms with Crippen LogP contribution in [0, 0.1) is 0 Å². The number of hydrogen-bond donors (Lipinski definition) is 1. The van der Waals surface area contributed by atoms with Gasteiger partial charge in [-0.1, -0.05) is 30.3 Å². The summed E-state index contributed by atoms with van der Waals surface area (Å²) in [6.45, 7) is 5.51. The number of aryl methyl sites for hydroxylation is 1. The molecule has 0 aliphatic carbocycles. The molecule has 5 nitrogen and oxygen atoms in total. The Hall–Kier alpha value is -2.56. The Morgan fingerprint density at radius 2 is 1.72 bits per heavy atom. The van der Waals surface area contributed by atoms with Gasteiger partial charge >= 0.3 is 11.9 Å². The van der Waals surface area contributed by atoms with Gasteiger partial charge in [-0.25, -0.2) is 0 Å². The number of methoxy groups -OCH3 is 1. The fraction of sp³-hybridized carbons (Fsp3) is 0.400. The maximum atomic E-state index is 11.9.